The number of rotatable bonds is 7. The third kappa shape index (κ3) is 5.18. The van der Waals surface area contributed by atoms with Gasteiger partial charge in [-0.05, 0) is 55.7 Å². The van der Waals surface area contributed by atoms with Gasteiger partial charge in [-0.2, -0.15) is 0 Å². The minimum absolute atomic E-state index is 0.0182. The number of carbonyl (C=O) groups is 2. The fraction of sp³-hybridized carbons (Fsp3) is 0.636. The van der Waals surface area contributed by atoms with Crippen LogP contribution in [-0.4, -0.2) is 50.6 Å². The Morgan fingerprint density at radius 3 is 2.32 bits per heavy atom. The number of nitrogens with zero attached hydrogens (tertiary/aromatic N) is 1. The van der Waals surface area contributed by atoms with Gasteiger partial charge in [0.2, 0.25) is 5.91 Å². The Morgan fingerprint density at radius 1 is 1.00 bits per heavy atom. The van der Waals surface area contributed by atoms with Crippen LogP contribution in [0.4, 0.5) is 0 Å². The fourth-order valence-corrected chi connectivity index (χ4v) is 4.30. The Kier molecular flexibility index (Phi) is 7.18. The van der Waals surface area contributed by atoms with Crippen molar-refractivity contribution in [3.8, 4) is 11.5 Å². The number of piperidine rings is 1. The van der Waals surface area contributed by atoms with Crippen LogP contribution in [0, 0.1) is 11.8 Å². The van der Waals surface area contributed by atoms with E-state index in [1.54, 1.807) is 32.4 Å². The van der Waals surface area contributed by atoms with E-state index >= 15 is 0 Å². The van der Waals surface area contributed by atoms with Crippen molar-refractivity contribution in [1.29, 1.82) is 0 Å². The molecule has 0 radical (unpaired) electrons. The molecule has 2 fully saturated rings. The van der Waals surface area contributed by atoms with Gasteiger partial charge in [-0.25, -0.2) is 0 Å². The van der Waals surface area contributed by atoms with Gasteiger partial charge < -0.3 is 19.7 Å². The zero-order valence-electron chi connectivity index (χ0n) is 17.0. The number of benzene rings is 1. The molecule has 0 bridgehead atoms. The lowest BCUT2D eigenvalue weighted by Gasteiger charge is -2.32. The summed E-state index contributed by atoms with van der Waals surface area (Å²) in [6.07, 6.45) is 7.45. The summed E-state index contributed by atoms with van der Waals surface area (Å²) >= 11 is 0. The van der Waals surface area contributed by atoms with Crippen LogP contribution >= 0.6 is 0 Å². The molecule has 1 heterocycles. The highest BCUT2D eigenvalue weighted by Crippen LogP contribution is 2.29. The number of hydrogen-bond acceptors (Lipinski definition) is 4. The normalized spacial score (nSPS) is 18.1. The van der Waals surface area contributed by atoms with Crippen molar-refractivity contribution in [2.45, 2.75) is 44.9 Å². The zero-order chi connectivity index (χ0) is 19.9. The van der Waals surface area contributed by atoms with Gasteiger partial charge in [-0.15, -0.1) is 0 Å². The van der Waals surface area contributed by atoms with Crippen LogP contribution in [0.1, 0.15) is 55.3 Å². The van der Waals surface area contributed by atoms with Crippen LogP contribution in [-0.2, 0) is 4.79 Å². The third-order valence-corrected chi connectivity index (χ3v) is 6.07. The van der Waals surface area contributed by atoms with Gasteiger partial charge in [0, 0.05) is 31.6 Å². The molecule has 1 saturated heterocycles. The molecule has 2 aliphatic rings. The van der Waals surface area contributed by atoms with E-state index in [-0.39, 0.29) is 11.8 Å². The highest BCUT2D eigenvalue weighted by atomic mass is 16.5. The van der Waals surface area contributed by atoms with Crippen LogP contribution in [0.3, 0.4) is 0 Å². The number of ether oxygens (including phenoxy) is 2. The lowest BCUT2D eigenvalue weighted by atomic mass is 9.96. The third-order valence-electron chi connectivity index (χ3n) is 6.07. The molecule has 1 aliphatic carbocycles. The van der Waals surface area contributed by atoms with Crippen molar-refractivity contribution in [3.05, 3.63) is 23.8 Å². The molecular formula is C22H32N2O4. The molecule has 1 aromatic carbocycles. The standard InChI is InChI=1S/C22H32N2O4/c1-27-19-8-7-18(14-20(19)28-2)22(26)24-11-9-17(10-12-24)15-23-21(25)13-16-5-3-4-6-16/h7-8,14,16-17H,3-6,9-13,15H2,1-2H3,(H,23,25). The Hall–Kier alpha value is -2.24. The van der Waals surface area contributed by atoms with E-state index in [1.165, 1.54) is 25.7 Å². The molecule has 28 heavy (non-hydrogen) atoms. The number of carbonyl (C=O) groups excluding carboxylic acids is 2. The summed E-state index contributed by atoms with van der Waals surface area (Å²) in [5, 5.41) is 3.11. The first-order valence-electron chi connectivity index (χ1n) is 10.4. The summed E-state index contributed by atoms with van der Waals surface area (Å²) in [6.45, 7) is 2.16. The molecule has 1 saturated carbocycles. The maximum absolute atomic E-state index is 12.8. The summed E-state index contributed by atoms with van der Waals surface area (Å²) in [5.74, 6) is 2.42. The molecule has 1 N–H and O–H groups in total. The fourth-order valence-electron chi connectivity index (χ4n) is 4.30. The van der Waals surface area contributed by atoms with Gasteiger partial charge in [0.05, 0.1) is 14.2 Å². The molecule has 6 nitrogen and oxygen atoms in total. The SMILES string of the molecule is COc1ccc(C(=O)N2CCC(CNC(=O)CC3CCCC3)CC2)cc1OC. The van der Waals surface area contributed by atoms with Gasteiger partial charge in [-0.1, -0.05) is 12.8 Å². The van der Waals surface area contributed by atoms with Gasteiger partial charge in [0.25, 0.3) is 5.91 Å². The molecular weight excluding hydrogens is 356 g/mol. The van der Waals surface area contributed by atoms with E-state index in [0.717, 1.165) is 32.5 Å². The first-order chi connectivity index (χ1) is 13.6. The quantitative estimate of drug-likeness (QED) is 0.779. The van der Waals surface area contributed by atoms with E-state index < -0.39 is 0 Å². The first kappa shape index (κ1) is 20.5. The smallest absolute Gasteiger partial charge is 0.253 e. The van der Waals surface area contributed by atoms with Crippen LogP contribution in [0.25, 0.3) is 0 Å². The summed E-state index contributed by atoms with van der Waals surface area (Å²) in [5.41, 5.74) is 0.612. The minimum atomic E-state index is 0.0182. The Labute approximate surface area is 167 Å². The van der Waals surface area contributed by atoms with Crippen LogP contribution < -0.4 is 14.8 Å². The van der Waals surface area contributed by atoms with E-state index in [4.69, 9.17) is 9.47 Å². The Bertz CT molecular complexity index is 677. The van der Waals surface area contributed by atoms with Gasteiger partial charge in [0.15, 0.2) is 11.5 Å². The van der Waals surface area contributed by atoms with E-state index in [1.807, 2.05) is 4.90 Å². The topological polar surface area (TPSA) is 67.9 Å². The van der Waals surface area contributed by atoms with Crippen LogP contribution in [0.2, 0.25) is 0 Å². The van der Waals surface area contributed by atoms with Crippen LogP contribution in [0.5, 0.6) is 11.5 Å². The van der Waals surface area contributed by atoms with Crippen molar-refractivity contribution in [3.63, 3.8) is 0 Å². The van der Waals surface area contributed by atoms with Gasteiger partial charge in [0.1, 0.15) is 0 Å². The number of hydrogen-bond donors (Lipinski definition) is 1. The maximum Gasteiger partial charge on any atom is 0.253 e. The predicted octanol–water partition coefficient (Wildman–Crippen LogP) is 3.25. The number of amides is 2. The monoisotopic (exact) mass is 388 g/mol. The molecule has 0 unspecified atom stereocenters. The highest BCUT2D eigenvalue weighted by Gasteiger charge is 2.25. The van der Waals surface area contributed by atoms with Crippen molar-refractivity contribution < 1.29 is 19.1 Å². The minimum Gasteiger partial charge on any atom is -0.493 e. The second kappa shape index (κ2) is 9.80. The number of likely N-dealkylation sites (tertiary alicyclic amines) is 1. The lowest BCUT2D eigenvalue weighted by Crippen LogP contribution is -2.41. The average Bonchev–Trinajstić information content (AvgIpc) is 3.24. The van der Waals surface area contributed by atoms with E-state index in [0.29, 0.717) is 35.3 Å². The molecule has 0 atom stereocenters. The van der Waals surface area contributed by atoms with Gasteiger partial charge >= 0.3 is 0 Å². The second-order valence-electron chi connectivity index (χ2n) is 7.96. The lowest BCUT2D eigenvalue weighted by molar-refractivity contribution is -0.122. The molecule has 3 rings (SSSR count). The van der Waals surface area contributed by atoms with Crippen molar-refractivity contribution >= 4 is 11.8 Å². The molecule has 2 amide bonds. The molecule has 154 valence electrons. The zero-order valence-corrected chi connectivity index (χ0v) is 17.0. The Balaban J connectivity index is 1.44. The van der Waals surface area contributed by atoms with Crippen molar-refractivity contribution in [2.24, 2.45) is 11.8 Å². The summed E-state index contributed by atoms with van der Waals surface area (Å²) in [4.78, 5) is 26.8. The van der Waals surface area contributed by atoms with E-state index in [2.05, 4.69) is 5.32 Å². The summed E-state index contributed by atoms with van der Waals surface area (Å²) in [7, 11) is 3.15. The molecule has 6 heteroatoms. The molecule has 0 spiro atoms. The Morgan fingerprint density at radius 2 is 1.68 bits per heavy atom. The second-order valence-corrected chi connectivity index (χ2v) is 7.96. The average molecular weight is 389 g/mol. The summed E-state index contributed by atoms with van der Waals surface area (Å²) in [6, 6.07) is 5.27. The summed E-state index contributed by atoms with van der Waals surface area (Å²) < 4.78 is 10.5. The maximum atomic E-state index is 12.8. The number of nitrogens with one attached hydrogen (secondary N) is 1. The van der Waals surface area contributed by atoms with Crippen LogP contribution in [0.15, 0.2) is 18.2 Å². The molecule has 1 aromatic rings. The largest absolute Gasteiger partial charge is 0.493 e. The van der Waals surface area contributed by atoms with Gasteiger partial charge in [-0.3, -0.25) is 9.59 Å². The van der Waals surface area contributed by atoms with Crippen molar-refractivity contribution in [1.82, 2.24) is 10.2 Å². The number of methoxy groups -OCH3 is 2. The highest BCUT2D eigenvalue weighted by molar-refractivity contribution is 5.95. The molecule has 1 aliphatic heterocycles. The molecule has 0 aromatic heterocycles. The van der Waals surface area contributed by atoms with Crippen molar-refractivity contribution in [2.75, 3.05) is 33.9 Å². The predicted molar refractivity (Wildman–Crippen MR) is 108 cm³/mol. The van der Waals surface area contributed by atoms with E-state index in [9.17, 15) is 9.59 Å². The first-order valence-corrected chi connectivity index (χ1v) is 10.4.